The van der Waals surface area contributed by atoms with E-state index in [1.165, 1.54) is 32.1 Å². The normalized spacial score (nSPS) is 18.6. The van der Waals surface area contributed by atoms with Crippen LogP contribution in [0, 0.1) is 12.3 Å². The van der Waals surface area contributed by atoms with Crippen molar-refractivity contribution in [3.8, 4) is 5.75 Å². The van der Waals surface area contributed by atoms with Crippen LogP contribution >= 0.6 is 11.6 Å². The summed E-state index contributed by atoms with van der Waals surface area (Å²) in [5.41, 5.74) is 7.20. The fourth-order valence-electron chi connectivity index (χ4n) is 2.65. The number of rotatable bonds is 4. The van der Waals surface area contributed by atoms with Crippen LogP contribution in [0.1, 0.15) is 37.7 Å². The summed E-state index contributed by atoms with van der Waals surface area (Å²) in [6.07, 6.45) is 6.27. The van der Waals surface area contributed by atoms with Crippen molar-refractivity contribution in [1.82, 2.24) is 0 Å². The maximum Gasteiger partial charge on any atom is 0.119 e. The van der Waals surface area contributed by atoms with Crippen LogP contribution in [0.25, 0.3) is 0 Å². The lowest BCUT2D eigenvalue weighted by Crippen LogP contribution is -2.38. The van der Waals surface area contributed by atoms with Crippen molar-refractivity contribution >= 4 is 11.6 Å². The van der Waals surface area contributed by atoms with Gasteiger partial charge in [-0.25, -0.2) is 0 Å². The second-order valence-electron chi connectivity index (χ2n) is 5.46. The van der Waals surface area contributed by atoms with Gasteiger partial charge in [-0.05, 0) is 43.5 Å². The zero-order valence-corrected chi connectivity index (χ0v) is 11.8. The summed E-state index contributed by atoms with van der Waals surface area (Å²) in [4.78, 5) is 0. The third-order valence-corrected chi connectivity index (χ3v) is 4.45. The standard InChI is InChI=1S/C15H22ClNO/c1-12-9-13(5-6-14(12)16)18-11-15(10-17)7-3-2-4-8-15/h5-6,9H,2-4,7-8,10-11,17H2,1H3. The number of hydrogen-bond donors (Lipinski definition) is 1. The van der Waals surface area contributed by atoms with Gasteiger partial charge in [0.25, 0.3) is 0 Å². The molecule has 1 aliphatic carbocycles. The van der Waals surface area contributed by atoms with Gasteiger partial charge in [-0.1, -0.05) is 30.9 Å². The summed E-state index contributed by atoms with van der Waals surface area (Å²) in [6, 6.07) is 5.82. The van der Waals surface area contributed by atoms with Crippen LogP contribution in [0.15, 0.2) is 18.2 Å². The average Bonchev–Trinajstić information content (AvgIpc) is 2.41. The Morgan fingerprint density at radius 3 is 2.61 bits per heavy atom. The quantitative estimate of drug-likeness (QED) is 0.897. The Hall–Kier alpha value is -0.730. The second kappa shape index (κ2) is 5.94. The van der Waals surface area contributed by atoms with Crippen molar-refractivity contribution in [2.75, 3.05) is 13.2 Å². The third kappa shape index (κ3) is 3.18. The molecule has 0 unspecified atom stereocenters. The molecule has 1 saturated carbocycles. The molecular weight excluding hydrogens is 246 g/mol. The van der Waals surface area contributed by atoms with E-state index in [-0.39, 0.29) is 5.41 Å². The van der Waals surface area contributed by atoms with Crippen LogP contribution in [-0.2, 0) is 0 Å². The van der Waals surface area contributed by atoms with Gasteiger partial charge >= 0.3 is 0 Å². The zero-order chi connectivity index (χ0) is 13.0. The molecule has 0 spiro atoms. The molecule has 2 rings (SSSR count). The Morgan fingerprint density at radius 2 is 2.00 bits per heavy atom. The van der Waals surface area contributed by atoms with Crippen molar-refractivity contribution in [1.29, 1.82) is 0 Å². The summed E-state index contributed by atoms with van der Waals surface area (Å²) >= 11 is 6.01. The van der Waals surface area contributed by atoms with E-state index in [4.69, 9.17) is 22.1 Å². The molecule has 0 atom stereocenters. The first-order chi connectivity index (χ1) is 8.65. The minimum Gasteiger partial charge on any atom is -0.493 e. The van der Waals surface area contributed by atoms with E-state index >= 15 is 0 Å². The maximum absolute atomic E-state index is 6.01. The van der Waals surface area contributed by atoms with Crippen molar-refractivity contribution in [2.45, 2.75) is 39.0 Å². The fourth-order valence-corrected chi connectivity index (χ4v) is 2.77. The molecule has 0 radical (unpaired) electrons. The van der Waals surface area contributed by atoms with E-state index in [0.29, 0.717) is 0 Å². The Bertz CT molecular complexity index is 399. The van der Waals surface area contributed by atoms with Crippen LogP contribution in [0.4, 0.5) is 0 Å². The predicted octanol–water partition coefficient (Wildman–Crippen LogP) is 3.94. The van der Waals surface area contributed by atoms with Crippen LogP contribution < -0.4 is 10.5 Å². The van der Waals surface area contributed by atoms with Crippen LogP contribution in [0.2, 0.25) is 5.02 Å². The molecule has 2 nitrogen and oxygen atoms in total. The monoisotopic (exact) mass is 267 g/mol. The van der Waals surface area contributed by atoms with Crippen molar-refractivity contribution in [3.63, 3.8) is 0 Å². The summed E-state index contributed by atoms with van der Waals surface area (Å²) in [5, 5.41) is 0.786. The number of hydrogen-bond acceptors (Lipinski definition) is 2. The lowest BCUT2D eigenvalue weighted by atomic mass is 9.75. The van der Waals surface area contributed by atoms with E-state index in [0.717, 1.165) is 29.5 Å². The van der Waals surface area contributed by atoms with E-state index < -0.39 is 0 Å². The van der Waals surface area contributed by atoms with Crippen molar-refractivity contribution < 1.29 is 4.74 Å². The van der Waals surface area contributed by atoms with Gasteiger partial charge < -0.3 is 10.5 Å². The van der Waals surface area contributed by atoms with Gasteiger partial charge in [0.1, 0.15) is 5.75 Å². The van der Waals surface area contributed by atoms with E-state index in [1.54, 1.807) is 0 Å². The molecule has 0 aliphatic heterocycles. The molecule has 1 aliphatic rings. The molecule has 1 fully saturated rings. The molecule has 0 heterocycles. The topological polar surface area (TPSA) is 35.2 Å². The largest absolute Gasteiger partial charge is 0.493 e. The molecule has 18 heavy (non-hydrogen) atoms. The highest BCUT2D eigenvalue weighted by Gasteiger charge is 2.31. The number of aryl methyl sites for hydroxylation is 1. The smallest absolute Gasteiger partial charge is 0.119 e. The predicted molar refractivity (Wildman–Crippen MR) is 76.3 cm³/mol. The third-order valence-electron chi connectivity index (χ3n) is 4.02. The average molecular weight is 268 g/mol. The lowest BCUT2D eigenvalue weighted by Gasteiger charge is -2.35. The summed E-state index contributed by atoms with van der Waals surface area (Å²) < 4.78 is 5.94. The number of ether oxygens (including phenoxy) is 1. The molecule has 0 aromatic heterocycles. The molecular formula is C15H22ClNO. The van der Waals surface area contributed by atoms with Crippen molar-refractivity contribution in [3.05, 3.63) is 28.8 Å². The summed E-state index contributed by atoms with van der Waals surface area (Å²) in [6.45, 7) is 3.44. The van der Waals surface area contributed by atoms with Crippen LogP contribution in [-0.4, -0.2) is 13.2 Å². The zero-order valence-electron chi connectivity index (χ0n) is 11.0. The summed E-state index contributed by atoms with van der Waals surface area (Å²) in [7, 11) is 0. The first-order valence-electron chi connectivity index (χ1n) is 6.74. The molecule has 0 amide bonds. The van der Waals surface area contributed by atoms with Crippen molar-refractivity contribution in [2.24, 2.45) is 11.1 Å². The van der Waals surface area contributed by atoms with E-state index in [1.807, 2.05) is 25.1 Å². The highest BCUT2D eigenvalue weighted by molar-refractivity contribution is 6.31. The molecule has 2 N–H and O–H groups in total. The fraction of sp³-hybridized carbons (Fsp3) is 0.600. The molecule has 1 aromatic rings. The van der Waals surface area contributed by atoms with Gasteiger partial charge in [-0.2, -0.15) is 0 Å². The van der Waals surface area contributed by atoms with Gasteiger partial charge in [0.15, 0.2) is 0 Å². The van der Waals surface area contributed by atoms with Crippen LogP contribution in [0.3, 0.4) is 0 Å². The number of nitrogens with two attached hydrogens (primary N) is 1. The minimum absolute atomic E-state index is 0.186. The van der Waals surface area contributed by atoms with E-state index in [2.05, 4.69) is 0 Å². The van der Waals surface area contributed by atoms with Crippen LogP contribution in [0.5, 0.6) is 5.75 Å². The highest BCUT2D eigenvalue weighted by Crippen LogP contribution is 2.36. The van der Waals surface area contributed by atoms with Gasteiger partial charge in [-0.3, -0.25) is 0 Å². The summed E-state index contributed by atoms with van der Waals surface area (Å²) in [5.74, 6) is 0.898. The number of benzene rings is 1. The van der Waals surface area contributed by atoms with Gasteiger partial charge in [-0.15, -0.1) is 0 Å². The minimum atomic E-state index is 0.186. The Balaban J connectivity index is 1.98. The Morgan fingerprint density at radius 1 is 1.28 bits per heavy atom. The Labute approximate surface area is 114 Å². The Kier molecular flexibility index (Phi) is 4.52. The lowest BCUT2D eigenvalue weighted by molar-refractivity contribution is 0.105. The maximum atomic E-state index is 6.01. The first kappa shape index (κ1) is 13.7. The molecule has 1 aromatic carbocycles. The highest BCUT2D eigenvalue weighted by atomic mass is 35.5. The molecule has 100 valence electrons. The second-order valence-corrected chi connectivity index (χ2v) is 5.87. The molecule has 0 bridgehead atoms. The first-order valence-corrected chi connectivity index (χ1v) is 7.12. The SMILES string of the molecule is Cc1cc(OCC2(CN)CCCCC2)ccc1Cl. The molecule has 3 heteroatoms. The van der Waals surface area contributed by atoms with E-state index in [9.17, 15) is 0 Å². The number of halogens is 1. The van der Waals surface area contributed by atoms with Gasteiger partial charge in [0.05, 0.1) is 6.61 Å². The van der Waals surface area contributed by atoms with Gasteiger partial charge in [0.2, 0.25) is 0 Å². The van der Waals surface area contributed by atoms with Gasteiger partial charge in [0, 0.05) is 17.0 Å². The molecule has 0 saturated heterocycles.